The topological polar surface area (TPSA) is 69.7 Å². The van der Waals surface area contributed by atoms with Crippen molar-refractivity contribution in [2.24, 2.45) is 0 Å². The van der Waals surface area contributed by atoms with Gasteiger partial charge in [-0.05, 0) is 0 Å². The van der Waals surface area contributed by atoms with Crippen molar-refractivity contribution in [3.63, 3.8) is 0 Å². The van der Waals surface area contributed by atoms with E-state index in [1.54, 1.807) is 30.3 Å². The van der Waals surface area contributed by atoms with Gasteiger partial charge in [0.2, 0.25) is 0 Å². The van der Waals surface area contributed by atoms with Gasteiger partial charge in [-0.2, -0.15) is 0 Å². The van der Waals surface area contributed by atoms with Crippen LogP contribution >= 0.6 is 0 Å². The average molecular weight is 262 g/mol. The molecule has 5 nitrogen and oxygen atoms in total. The van der Waals surface area contributed by atoms with Crippen LogP contribution in [0.5, 0.6) is 0 Å². The Hall–Kier alpha value is -2.43. The molecule has 0 saturated carbocycles. The zero-order valence-corrected chi connectivity index (χ0v) is 10.3. The van der Waals surface area contributed by atoms with E-state index in [1.165, 1.54) is 6.08 Å². The SMILES string of the molecule is C=CCOC(=O)CC(=O)OCC(=O)c1ccccc1. The lowest BCUT2D eigenvalue weighted by molar-refractivity contribution is -0.153. The van der Waals surface area contributed by atoms with E-state index in [0.717, 1.165) is 0 Å². The second-order valence-corrected chi connectivity index (χ2v) is 3.60. The van der Waals surface area contributed by atoms with Crippen LogP contribution < -0.4 is 0 Å². The number of Topliss-reactive ketones (excluding diaryl/α,β-unsaturated/α-hetero) is 1. The van der Waals surface area contributed by atoms with Gasteiger partial charge in [-0.15, -0.1) is 0 Å². The second-order valence-electron chi connectivity index (χ2n) is 3.60. The molecule has 1 aromatic carbocycles. The third-order valence-electron chi connectivity index (χ3n) is 2.11. The number of ketones is 1. The second kappa shape index (κ2) is 7.81. The zero-order chi connectivity index (χ0) is 14.1. The summed E-state index contributed by atoms with van der Waals surface area (Å²) in [5.74, 6) is -1.83. The van der Waals surface area contributed by atoms with Crippen LogP contribution in [0.15, 0.2) is 43.0 Å². The molecule has 0 heterocycles. The Kier molecular flexibility index (Phi) is 6.02. The van der Waals surface area contributed by atoms with E-state index in [1.807, 2.05) is 0 Å². The van der Waals surface area contributed by atoms with Gasteiger partial charge in [-0.25, -0.2) is 0 Å². The molecule has 0 aliphatic heterocycles. The Morgan fingerprint density at radius 2 is 1.68 bits per heavy atom. The summed E-state index contributed by atoms with van der Waals surface area (Å²) in [6.07, 6.45) is 0.873. The number of hydrogen-bond donors (Lipinski definition) is 0. The quantitative estimate of drug-likeness (QED) is 0.322. The van der Waals surface area contributed by atoms with Crippen LogP contribution in [0.1, 0.15) is 16.8 Å². The highest BCUT2D eigenvalue weighted by atomic mass is 16.6. The molecule has 0 bridgehead atoms. The Balaban J connectivity index is 2.32. The van der Waals surface area contributed by atoms with E-state index in [2.05, 4.69) is 11.3 Å². The molecule has 5 heteroatoms. The van der Waals surface area contributed by atoms with Gasteiger partial charge in [-0.3, -0.25) is 14.4 Å². The zero-order valence-electron chi connectivity index (χ0n) is 10.3. The molecule has 19 heavy (non-hydrogen) atoms. The number of hydrogen-bond acceptors (Lipinski definition) is 5. The molecule has 0 N–H and O–H groups in total. The molecule has 0 aliphatic carbocycles. The van der Waals surface area contributed by atoms with E-state index in [9.17, 15) is 14.4 Å². The van der Waals surface area contributed by atoms with Crippen LogP contribution in [0.2, 0.25) is 0 Å². The first-order chi connectivity index (χ1) is 9.13. The van der Waals surface area contributed by atoms with Gasteiger partial charge < -0.3 is 9.47 Å². The number of benzene rings is 1. The standard InChI is InChI=1S/C14H14O5/c1-2-8-18-13(16)9-14(17)19-10-12(15)11-6-4-3-5-7-11/h2-7H,1,8-10H2. The highest BCUT2D eigenvalue weighted by Crippen LogP contribution is 2.01. The first-order valence-corrected chi connectivity index (χ1v) is 5.64. The lowest BCUT2D eigenvalue weighted by atomic mass is 10.1. The predicted octanol–water partition coefficient (Wildman–Crippen LogP) is 1.53. The van der Waals surface area contributed by atoms with Crippen molar-refractivity contribution < 1.29 is 23.9 Å². The maximum absolute atomic E-state index is 11.6. The fraction of sp³-hybridized carbons (Fsp3) is 0.214. The molecule has 0 unspecified atom stereocenters. The van der Waals surface area contributed by atoms with Crippen LogP contribution in [0.25, 0.3) is 0 Å². The van der Waals surface area contributed by atoms with Crippen molar-refractivity contribution in [3.05, 3.63) is 48.6 Å². The molecule has 0 spiro atoms. The fourth-order valence-electron chi connectivity index (χ4n) is 1.23. The predicted molar refractivity (Wildman–Crippen MR) is 67.5 cm³/mol. The lowest BCUT2D eigenvalue weighted by Crippen LogP contribution is -2.18. The van der Waals surface area contributed by atoms with Crippen molar-refractivity contribution in [2.75, 3.05) is 13.2 Å². The Morgan fingerprint density at radius 3 is 2.32 bits per heavy atom. The van der Waals surface area contributed by atoms with Crippen molar-refractivity contribution >= 4 is 17.7 Å². The molecule has 0 radical (unpaired) electrons. The van der Waals surface area contributed by atoms with Gasteiger partial charge in [0.15, 0.2) is 12.4 Å². The Morgan fingerprint density at radius 1 is 1.05 bits per heavy atom. The number of rotatable bonds is 7. The highest BCUT2D eigenvalue weighted by Gasteiger charge is 2.14. The highest BCUT2D eigenvalue weighted by molar-refractivity contribution is 5.99. The summed E-state index contributed by atoms with van der Waals surface area (Å²) in [5, 5.41) is 0. The Labute approximate surface area is 110 Å². The van der Waals surface area contributed by atoms with Gasteiger partial charge >= 0.3 is 11.9 Å². The first kappa shape index (κ1) is 14.6. The normalized spacial score (nSPS) is 9.47. The van der Waals surface area contributed by atoms with E-state index >= 15 is 0 Å². The summed E-state index contributed by atoms with van der Waals surface area (Å²) in [4.78, 5) is 33.9. The molecule has 0 atom stereocenters. The molecule has 0 amide bonds. The molecule has 100 valence electrons. The number of esters is 2. The summed E-state index contributed by atoms with van der Waals surface area (Å²) in [5.41, 5.74) is 0.449. The minimum atomic E-state index is -0.793. The molecule has 0 aromatic heterocycles. The fourth-order valence-corrected chi connectivity index (χ4v) is 1.23. The smallest absolute Gasteiger partial charge is 0.317 e. The molecule has 1 rings (SSSR count). The van der Waals surface area contributed by atoms with Crippen LogP contribution in [0.4, 0.5) is 0 Å². The van der Waals surface area contributed by atoms with Crippen LogP contribution in [-0.2, 0) is 19.1 Å². The molecular weight excluding hydrogens is 248 g/mol. The first-order valence-electron chi connectivity index (χ1n) is 5.64. The summed E-state index contributed by atoms with van der Waals surface area (Å²) in [6.45, 7) is 3.01. The van der Waals surface area contributed by atoms with Crippen molar-refractivity contribution in [1.82, 2.24) is 0 Å². The maximum atomic E-state index is 11.6. The lowest BCUT2D eigenvalue weighted by Gasteiger charge is -2.04. The third-order valence-corrected chi connectivity index (χ3v) is 2.11. The third kappa shape index (κ3) is 5.63. The summed E-state index contributed by atoms with van der Waals surface area (Å²) < 4.78 is 9.30. The van der Waals surface area contributed by atoms with Crippen LogP contribution in [-0.4, -0.2) is 30.9 Å². The van der Waals surface area contributed by atoms with Gasteiger partial charge in [0.25, 0.3) is 0 Å². The molecule has 0 saturated heterocycles. The summed E-state index contributed by atoms with van der Waals surface area (Å²) >= 11 is 0. The van der Waals surface area contributed by atoms with E-state index in [4.69, 9.17) is 4.74 Å². The van der Waals surface area contributed by atoms with Crippen LogP contribution in [0, 0.1) is 0 Å². The minimum absolute atomic E-state index is 0.0368. The van der Waals surface area contributed by atoms with Crippen LogP contribution in [0.3, 0.4) is 0 Å². The largest absolute Gasteiger partial charge is 0.461 e. The summed E-state index contributed by atoms with van der Waals surface area (Å²) in [6, 6.07) is 8.44. The van der Waals surface area contributed by atoms with Crippen molar-refractivity contribution in [3.8, 4) is 0 Å². The van der Waals surface area contributed by atoms with E-state index in [0.29, 0.717) is 5.56 Å². The van der Waals surface area contributed by atoms with E-state index < -0.39 is 25.0 Å². The molecular formula is C14H14O5. The monoisotopic (exact) mass is 262 g/mol. The molecule has 0 fully saturated rings. The maximum Gasteiger partial charge on any atom is 0.317 e. The van der Waals surface area contributed by atoms with Gasteiger partial charge in [0.1, 0.15) is 13.0 Å². The van der Waals surface area contributed by atoms with Gasteiger partial charge in [-0.1, -0.05) is 43.0 Å². The minimum Gasteiger partial charge on any atom is -0.461 e. The number of carbonyl (C=O) groups excluding carboxylic acids is 3. The number of carbonyl (C=O) groups is 3. The summed E-state index contributed by atoms with van der Waals surface area (Å²) in [7, 11) is 0. The van der Waals surface area contributed by atoms with E-state index in [-0.39, 0.29) is 12.4 Å². The average Bonchev–Trinajstić information content (AvgIpc) is 2.43. The van der Waals surface area contributed by atoms with Gasteiger partial charge in [0.05, 0.1) is 0 Å². The van der Waals surface area contributed by atoms with Gasteiger partial charge in [0, 0.05) is 5.56 Å². The number of ether oxygens (including phenoxy) is 2. The molecule has 1 aromatic rings. The molecule has 0 aliphatic rings. The van der Waals surface area contributed by atoms with Crippen molar-refractivity contribution in [1.29, 1.82) is 0 Å². The van der Waals surface area contributed by atoms with Crippen molar-refractivity contribution in [2.45, 2.75) is 6.42 Å². The Bertz CT molecular complexity index is 464.